The summed E-state index contributed by atoms with van der Waals surface area (Å²) in [5.74, 6) is 0.694. The minimum atomic E-state index is 0.694. The van der Waals surface area contributed by atoms with Gasteiger partial charge in [0.15, 0.2) is 0 Å². The maximum atomic E-state index is 5.02. The molecule has 13 heavy (non-hydrogen) atoms. The van der Waals surface area contributed by atoms with Gasteiger partial charge >= 0.3 is 0 Å². The lowest BCUT2D eigenvalue weighted by Crippen LogP contribution is -2.01. The fourth-order valence-corrected chi connectivity index (χ4v) is 1.17. The number of methoxy groups -OCH3 is 1. The van der Waals surface area contributed by atoms with Crippen LogP contribution in [-0.4, -0.2) is 20.1 Å². The Morgan fingerprint density at radius 2 is 1.77 bits per heavy atom. The number of rotatable bonds is 7. The minimum absolute atomic E-state index is 0.694. The van der Waals surface area contributed by atoms with Crippen molar-refractivity contribution < 1.29 is 9.57 Å². The molecule has 3 nitrogen and oxygen atoms in total. The average Bonchev–Trinajstić information content (AvgIpc) is 2.16. The molecule has 0 fully saturated rings. The second-order valence-electron chi connectivity index (χ2n) is 3.04. The monoisotopic (exact) mass is 187 g/mol. The molecular weight excluding hydrogens is 166 g/mol. The number of hydrogen-bond donors (Lipinski definition) is 0. The van der Waals surface area contributed by atoms with E-state index in [4.69, 9.17) is 4.74 Å². The third kappa shape index (κ3) is 7.62. The average molecular weight is 187 g/mol. The molecule has 0 aliphatic carbocycles. The zero-order valence-electron chi connectivity index (χ0n) is 9.01. The molecule has 0 rings (SSSR count). The van der Waals surface area contributed by atoms with Crippen LogP contribution in [0.3, 0.4) is 0 Å². The molecule has 0 heterocycles. The molecule has 0 spiro atoms. The van der Waals surface area contributed by atoms with Crippen molar-refractivity contribution in [2.45, 2.75) is 45.4 Å². The van der Waals surface area contributed by atoms with E-state index >= 15 is 0 Å². The summed E-state index contributed by atoms with van der Waals surface area (Å²) in [5, 5.41) is 3.75. The zero-order valence-corrected chi connectivity index (χ0v) is 9.01. The van der Waals surface area contributed by atoms with E-state index in [1.807, 2.05) is 0 Å². The van der Waals surface area contributed by atoms with Crippen LogP contribution in [0, 0.1) is 0 Å². The summed E-state index contributed by atoms with van der Waals surface area (Å²) < 4.78 is 5.02. The quantitative estimate of drug-likeness (QED) is 0.265. The molecule has 0 bridgehead atoms. The highest BCUT2D eigenvalue weighted by Crippen LogP contribution is 2.06. The highest BCUT2D eigenvalue weighted by atomic mass is 16.6. The summed E-state index contributed by atoms with van der Waals surface area (Å²) in [4.78, 5) is 4.64. The first-order valence-electron chi connectivity index (χ1n) is 4.99. The summed E-state index contributed by atoms with van der Waals surface area (Å²) in [5.41, 5.74) is 0. The van der Waals surface area contributed by atoms with Gasteiger partial charge in [-0.05, 0) is 6.42 Å². The third-order valence-corrected chi connectivity index (χ3v) is 1.92. The Hall–Kier alpha value is -0.730. The van der Waals surface area contributed by atoms with Gasteiger partial charge in [0.1, 0.15) is 7.11 Å². The molecule has 0 aliphatic heterocycles. The van der Waals surface area contributed by atoms with Crippen LogP contribution in [-0.2, 0) is 9.57 Å². The molecular formula is C10H21NO2. The predicted octanol–water partition coefficient (Wildman–Crippen LogP) is 2.95. The van der Waals surface area contributed by atoms with Gasteiger partial charge in [-0.25, -0.2) is 0 Å². The standard InChI is InChI=1S/C10H21NO2/c1-4-5-6-7-8-9-10(12-2)11-13-3/h4-9H2,1-3H3/b11-10-. The molecule has 0 unspecified atom stereocenters. The van der Waals surface area contributed by atoms with Gasteiger partial charge in [-0.1, -0.05) is 37.8 Å². The number of nitrogens with zero attached hydrogens (tertiary/aromatic N) is 1. The van der Waals surface area contributed by atoms with Crippen LogP contribution >= 0.6 is 0 Å². The van der Waals surface area contributed by atoms with E-state index in [1.54, 1.807) is 7.11 Å². The Labute approximate surface area is 81.1 Å². The molecule has 0 aromatic rings. The third-order valence-electron chi connectivity index (χ3n) is 1.92. The van der Waals surface area contributed by atoms with Gasteiger partial charge in [0.2, 0.25) is 5.90 Å². The topological polar surface area (TPSA) is 30.8 Å². The van der Waals surface area contributed by atoms with Crippen molar-refractivity contribution in [1.82, 2.24) is 0 Å². The summed E-state index contributed by atoms with van der Waals surface area (Å²) in [6, 6.07) is 0. The normalized spacial score (nSPS) is 11.5. The van der Waals surface area contributed by atoms with Crippen LogP contribution in [0.15, 0.2) is 5.16 Å². The highest BCUT2D eigenvalue weighted by molar-refractivity contribution is 5.75. The zero-order chi connectivity index (χ0) is 9.94. The Morgan fingerprint density at radius 3 is 2.31 bits per heavy atom. The van der Waals surface area contributed by atoms with Gasteiger partial charge in [-0.3, -0.25) is 0 Å². The van der Waals surface area contributed by atoms with E-state index in [0.29, 0.717) is 5.90 Å². The summed E-state index contributed by atoms with van der Waals surface area (Å²) >= 11 is 0. The fourth-order valence-electron chi connectivity index (χ4n) is 1.17. The molecule has 0 aliphatic rings. The van der Waals surface area contributed by atoms with Crippen molar-refractivity contribution in [3.8, 4) is 0 Å². The molecule has 0 saturated heterocycles. The Balaban J connectivity index is 3.33. The first-order chi connectivity index (χ1) is 6.35. The maximum absolute atomic E-state index is 5.02. The van der Waals surface area contributed by atoms with E-state index in [0.717, 1.165) is 12.8 Å². The van der Waals surface area contributed by atoms with Crippen molar-refractivity contribution in [3.05, 3.63) is 0 Å². The number of hydrogen-bond acceptors (Lipinski definition) is 3. The van der Waals surface area contributed by atoms with E-state index < -0.39 is 0 Å². The Bertz CT molecular complexity index is 135. The van der Waals surface area contributed by atoms with Crippen LogP contribution < -0.4 is 0 Å². The minimum Gasteiger partial charge on any atom is -0.482 e. The van der Waals surface area contributed by atoms with Crippen molar-refractivity contribution in [2.24, 2.45) is 5.16 Å². The van der Waals surface area contributed by atoms with Gasteiger partial charge in [0.25, 0.3) is 0 Å². The smallest absolute Gasteiger partial charge is 0.225 e. The summed E-state index contributed by atoms with van der Waals surface area (Å²) in [7, 11) is 3.17. The van der Waals surface area contributed by atoms with E-state index in [9.17, 15) is 0 Å². The van der Waals surface area contributed by atoms with Crippen molar-refractivity contribution in [1.29, 1.82) is 0 Å². The molecule has 0 saturated carbocycles. The predicted molar refractivity (Wildman–Crippen MR) is 54.8 cm³/mol. The van der Waals surface area contributed by atoms with E-state index in [1.165, 1.54) is 32.8 Å². The second-order valence-corrected chi connectivity index (χ2v) is 3.04. The van der Waals surface area contributed by atoms with Crippen molar-refractivity contribution >= 4 is 5.90 Å². The molecule has 0 radical (unpaired) electrons. The van der Waals surface area contributed by atoms with Gasteiger partial charge in [-0.15, -0.1) is 0 Å². The number of oxime groups is 1. The first-order valence-corrected chi connectivity index (χ1v) is 4.99. The molecule has 0 amide bonds. The van der Waals surface area contributed by atoms with Crippen LogP contribution in [0.25, 0.3) is 0 Å². The van der Waals surface area contributed by atoms with Crippen LogP contribution in [0.5, 0.6) is 0 Å². The van der Waals surface area contributed by atoms with Gasteiger partial charge in [0.05, 0.1) is 7.11 Å². The van der Waals surface area contributed by atoms with Gasteiger partial charge in [-0.2, -0.15) is 0 Å². The molecule has 78 valence electrons. The van der Waals surface area contributed by atoms with Crippen LogP contribution in [0.4, 0.5) is 0 Å². The summed E-state index contributed by atoms with van der Waals surface area (Å²) in [6.45, 7) is 2.22. The van der Waals surface area contributed by atoms with Crippen LogP contribution in [0.1, 0.15) is 45.4 Å². The SMILES string of the molecule is CCCCCCC/C(=N/OC)OC. The molecule has 3 heteroatoms. The van der Waals surface area contributed by atoms with Crippen molar-refractivity contribution in [3.63, 3.8) is 0 Å². The van der Waals surface area contributed by atoms with E-state index in [-0.39, 0.29) is 0 Å². The maximum Gasteiger partial charge on any atom is 0.225 e. The Morgan fingerprint density at radius 1 is 1.08 bits per heavy atom. The van der Waals surface area contributed by atoms with Gasteiger partial charge < -0.3 is 9.57 Å². The molecule has 0 atom stereocenters. The lowest BCUT2D eigenvalue weighted by molar-refractivity contribution is 0.196. The number of ether oxygens (including phenoxy) is 1. The molecule has 0 aromatic carbocycles. The molecule has 0 aromatic heterocycles. The lowest BCUT2D eigenvalue weighted by atomic mass is 10.1. The second kappa shape index (κ2) is 9.36. The highest BCUT2D eigenvalue weighted by Gasteiger charge is 1.98. The first kappa shape index (κ1) is 12.3. The summed E-state index contributed by atoms with van der Waals surface area (Å²) in [6.07, 6.45) is 7.18. The fraction of sp³-hybridized carbons (Fsp3) is 0.900. The largest absolute Gasteiger partial charge is 0.482 e. The van der Waals surface area contributed by atoms with Crippen LogP contribution in [0.2, 0.25) is 0 Å². The van der Waals surface area contributed by atoms with E-state index in [2.05, 4.69) is 16.9 Å². The van der Waals surface area contributed by atoms with Gasteiger partial charge in [0, 0.05) is 6.42 Å². The van der Waals surface area contributed by atoms with Crippen molar-refractivity contribution in [2.75, 3.05) is 14.2 Å². The molecule has 0 N–H and O–H groups in total. The Kier molecular flexibility index (Phi) is 8.83. The lowest BCUT2D eigenvalue weighted by Gasteiger charge is -2.03. The number of unbranched alkanes of at least 4 members (excludes halogenated alkanes) is 4.